The lowest BCUT2D eigenvalue weighted by molar-refractivity contribution is 0.265. The fraction of sp³-hybridized carbons (Fsp3) is 0.375. The summed E-state index contributed by atoms with van der Waals surface area (Å²) < 4.78 is 11.4. The van der Waals surface area contributed by atoms with Crippen LogP contribution in [0.4, 0.5) is 0 Å². The summed E-state index contributed by atoms with van der Waals surface area (Å²) in [5.41, 5.74) is 1.29. The molecule has 1 N–H and O–H groups in total. The molecule has 0 bridgehead atoms. The van der Waals surface area contributed by atoms with Crippen LogP contribution in [0.1, 0.15) is 36.8 Å². The number of ether oxygens (including phenoxy) is 1. The average Bonchev–Trinajstić information content (AvgIpc) is 2.85. The van der Waals surface area contributed by atoms with Crippen molar-refractivity contribution >= 4 is 0 Å². The first-order chi connectivity index (χ1) is 9.19. The van der Waals surface area contributed by atoms with Crippen LogP contribution in [0.25, 0.3) is 0 Å². The second-order valence-electron chi connectivity index (χ2n) is 4.91. The second-order valence-corrected chi connectivity index (χ2v) is 4.91. The summed E-state index contributed by atoms with van der Waals surface area (Å²) in [6.45, 7) is 5.55. The number of nitrogens with one attached hydrogen (secondary N) is 1. The maximum Gasteiger partial charge on any atom is 0.146 e. The monoisotopic (exact) mass is 259 g/mol. The predicted molar refractivity (Wildman–Crippen MR) is 76.3 cm³/mol. The van der Waals surface area contributed by atoms with Crippen LogP contribution in [0.5, 0.6) is 5.75 Å². The Bertz CT molecular complexity index is 517. The summed E-state index contributed by atoms with van der Waals surface area (Å²) in [5, 5.41) is 3.06. The SMILES string of the molecule is CNCc1ccc(COc2cccc(C(C)C)c2)o1. The minimum Gasteiger partial charge on any atom is -0.486 e. The van der Waals surface area contributed by atoms with Crippen LogP contribution in [0.3, 0.4) is 0 Å². The fourth-order valence-corrected chi connectivity index (χ4v) is 1.89. The molecule has 2 aromatic rings. The third-order valence-corrected chi connectivity index (χ3v) is 2.97. The summed E-state index contributed by atoms with van der Waals surface area (Å²) in [7, 11) is 1.90. The minimum absolute atomic E-state index is 0.464. The van der Waals surface area contributed by atoms with Crippen LogP contribution >= 0.6 is 0 Å². The molecule has 0 fully saturated rings. The Morgan fingerprint density at radius 3 is 2.68 bits per heavy atom. The van der Waals surface area contributed by atoms with Crippen molar-refractivity contribution in [2.45, 2.75) is 32.9 Å². The van der Waals surface area contributed by atoms with Crippen LogP contribution in [-0.2, 0) is 13.2 Å². The molecule has 0 unspecified atom stereocenters. The first-order valence-corrected chi connectivity index (χ1v) is 6.64. The van der Waals surface area contributed by atoms with Gasteiger partial charge in [0.05, 0.1) is 6.54 Å². The number of hydrogen-bond acceptors (Lipinski definition) is 3. The van der Waals surface area contributed by atoms with E-state index in [1.165, 1.54) is 5.56 Å². The zero-order valence-electron chi connectivity index (χ0n) is 11.8. The number of hydrogen-bond donors (Lipinski definition) is 1. The third kappa shape index (κ3) is 3.86. The number of benzene rings is 1. The van der Waals surface area contributed by atoms with Crippen molar-refractivity contribution in [2.24, 2.45) is 0 Å². The molecular formula is C16H21NO2. The Hall–Kier alpha value is -1.74. The molecule has 3 heteroatoms. The minimum atomic E-state index is 0.464. The van der Waals surface area contributed by atoms with E-state index in [1.807, 2.05) is 31.3 Å². The van der Waals surface area contributed by atoms with Gasteiger partial charge in [-0.15, -0.1) is 0 Å². The van der Waals surface area contributed by atoms with Gasteiger partial charge in [-0.1, -0.05) is 26.0 Å². The Kier molecular flexibility index (Phi) is 4.63. The largest absolute Gasteiger partial charge is 0.486 e. The topological polar surface area (TPSA) is 34.4 Å². The normalized spacial score (nSPS) is 10.9. The maximum atomic E-state index is 5.76. The Balaban J connectivity index is 1.95. The molecule has 102 valence electrons. The van der Waals surface area contributed by atoms with Gasteiger partial charge in [-0.05, 0) is 42.8 Å². The summed E-state index contributed by atoms with van der Waals surface area (Å²) in [6, 6.07) is 12.1. The van der Waals surface area contributed by atoms with Crippen LogP contribution < -0.4 is 10.1 Å². The van der Waals surface area contributed by atoms with Crippen molar-refractivity contribution in [2.75, 3.05) is 7.05 Å². The molecule has 0 amide bonds. The lowest BCUT2D eigenvalue weighted by atomic mass is 10.0. The first kappa shape index (κ1) is 13.7. The smallest absolute Gasteiger partial charge is 0.146 e. The lowest BCUT2D eigenvalue weighted by Gasteiger charge is -2.09. The van der Waals surface area contributed by atoms with Crippen molar-refractivity contribution in [3.05, 3.63) is 53.5 Å². The molecule has 0 atom stereocenters. The maximum absolute atomic E-state index is 5.76. The highest BCUT2D eigenvalue weighted by Crippen LogP contribution is 2.21. The first-order valence-electron chi connectivity index (χ1n) is 6.64. The molecule has 0 saturated carbocycles. The summed E-state index contributed by atoms with van der Waals surface area (Å²) in [5.74, 6) is 3.17. The van der Waals surface area contributed by atoms with Gasteiger partial charge in [0.15, 0.2) is 0 Å². The van der Waals surface area contributed by atoms with Gasteiger partial charge in [0.25, 0.3) is 0 Å². The van der Waals surface area contributed by atoms with Gasteiger partial charge in [0.2, 0.25) is 0 Å². The zero-order chi connectivity index (χ0) is 13.7. The van der Waals surface area contributed by atoms with Gasteiger partial charge in [0.1, 0.15) is 23.9 Å². The molecule has 0 spiro atoms. The Labute approximate surface area is 114 Å². The van der Waals surface area contributed by atoms with Crippen molar-refractivity contribution in [1.82, 2.24) is 5.32 Å². The highest BCUT2D eigenvalue weighted by molar-refractivity contribution is 5.30. The van der Waals surface area contributed by atoms with E-state index in [0.717, 1.165) is 23.8 Å². The van der Waals surface area contributed by atoms with Crippen LogP contribution in [-0.4, -0.2) is 7.05 Å². The average molecular weight is 259 g/mol. The lowest BCUT2D eigenvalue weighted by Crippen LogP contribution is -2.03. The fourth-order valence-electron chi connectivity index (χ4n) is 1.89. The van der Waals surface area contributed by atoms with E-state index < -0.39 is 0 Å². The quantitative estimate of drug-likeness (QED) is 0.859. The van der Waals surface area contributed by atoms with Crippen molar-refractivity contribution in [3.63, 3.8) is 0 Å². The molecule has 1 aromatic carbocycles. The summed E-state index contributed by atoms with van der Waals surface area (Å²) >= 11 is 0. The van der Waals surface area contributed by atoms with Crippen LogP contribution in [0.2, 0.25) is 0 Å². The second kappa shape index (κ2) is 6.43. The van der Waals surface area contributed by atoms with E-state index in [-0.39, 0.29) is 0 Å². The Morgan fingerprint density at radius 1 is 1.16 bits per heavy atom. The van der Waals surface area contributed by atoms with Crippen molar-refractivity contribution < 1.29 is 9.15 Å². The van der Waals surface area contributed by atoms with Gasteiger partial charge in [-0.25, -0.2) is 0 Å². The molecule has 1 aromatic heterocycles. The molecule has 1 heterocycles. The molecule has 19 heavy (non-hydrogen) atoms. The predicted octanol–water partition coefficient (Wildman–Crippen LogP) is 3.70. The van der Waals surface area contributed by atoms with Gasteiger partial charge in [0, 0.05) is 0 Å². The number of rotatable bonds is 6. The van der Waals surface area contributed by atoms with Gasteiger partial charge < -0.3 is 14.5 Å². The molecule has 0 aliphatic carbocycles. The number of furan rings is 1. The van der Waals surface area contributed by atoms with Crippen LogP contribution in [0.15, 0.2) is 40.8 Å². The van der Waals surface area contributed by atoms with Gasteiger partial charge in [-0.3, -0.25) is 0 Å². The Morgan fingerprint density at radius 2 is 1.95 bits per heavy atom. The van der Waals surface area contributed by atoms with E-state index in [0.29, 0.717) is 12.5 Å². The van der Waals surface area contributed by atoms with Crippen molar-refractivity contribution in [3.8, 4) is 5.75 Å². The summed E-state index contributed by atoms with van der Waals surface area (Å²) in [4.78, 5) is 0. The van der Waals surface area contributed by atoms with Crippen molar-refractivity contribution in [1.29, 1.82) is 0 Å². The highest BCUT2D eigenvalue weighted by atomic mass is 16.5. The van der Waals surface area contributed by atoms with E-state index in [4.69, 9.17) is 9.15 Å². The zero-order valence-corrected chi connectivity index (χ0v) is 11.8. The molecule has 0 saturated heterocycles. The third-order valence-electron chi connectivity index (χ3n) is 2.97. The van der Waals surface area contributed by atoms with E-state index >= 15 is 0 Å². The molecule has 3 nitrogen and oxygen atoms in total. The molecule has 0 aliphatic heterocycles. The van der Waals surface area contributed by atoms with E-state index in [1.54, 1.807) is 0 Å². The van der Waals surface area contributed by atoms with E-state index in [2.05, 4.69) is 31.3 Å². The standard InChI is InChI=1S/C16H21NO2/c1-12(2)13-5-4-6-14(9-13)18-11-16-8-7-15(19-16)10-17-3/h4-9,12,17H,10-11H2,1-3H3. The molecular weight excluding hydrogens is 238 g/mol. The van der Waals surface area contributed by atoms with Gasteiger partial charge in [-0.2, -0.15) is 0 Å². The van der Waals surface area contributed by atoms with Gasteiger partial charge >= 0.3 is 0 Å². The van der Waals surface area contributed by atoms with Crippen LogP contribution in [0, 0.1) is 0 Å². The molecule has 0 radical (unpaired) electrons. The molecule has 0 aliphatic rings. The summed E-state index contributed by atoms with van der Waals surface area (Å²) in [6.07, 6.45) is 0. The molecule has 2 rings (SSSR count). The van der Waals surface area contributed by atoms with E-state index in [9.17, 15) is 0 Å². The highest BCUT2D eigenvalue weighted by Gasteiger charge is 2.04.